The summed E-state index contributed by atoms with van der Waals surface area (Å²) in [4.78, 5) is 0. The minimum absolute atomic E-state index is 0.921. The number of rotatable bonds is 3. The molecule has 0 heterocycles. The molecule has 0 aliphatic rings. The molecule has 0 amide bonds. The third kappa shape index (κ3) is 3.01. The third-order valence-electron chi connectivity index (χ3n) is 3.11. The lowest BCUT2D eigenvalue weighted by atomic mass is 10.0. The van der Waals surface area contributed by atoms with E-state index in [1.54, 1.807) is 6.20 Å². The van der Waals surface area contributed by atoms with Crippen molar-refractivity contribution in [3.8, 4) is 11.1 Å². The summed E-state index contributed by atoms with van der Waals surface area (Å²) in [6, 6.07) is 17.3. The first kappa shape index (κ1) is 12.4. The van der Waals surface area contributed by atoms with E-state index in [1.807, 2.05) is 6.92 Å². The molecule has 0 atom stereocenters. The maximum atomic E-state index is 5.49. The minimum atomic E-state index is 0.921. The molecular weight excluding hydrogens is 218 g/mol. The maximum absolute atomic E-state index is 5.49. The lowest BCUT2D eigenvalue weighted by Crippen LogP contribution is -1.90. The molecule has 0 saturated carbocycles. The molecule has 0 fully saturated rings. The second-order valence-electron chi connectivity index (χ2n) is 4.75. The Hall–Kier alpha value is -2.02. The van der Waals surface area contributed by atoms with Crippen molar-refractivity contribution in [3.63, 3.8) is 0 Å². The summed E-state index contributed by atoms with van der Waals surface area (Å²) in [5.74, 6) is 0. The van der Waals surface area contributed by atoms with Crippen molar-refractivity contribution in [1.82, 2.24) is 0 Å². The van der Waals surface area contributed by atoms with E-state index in [0.717, 1.165) is 6.42 Å². The maximum Gasteiger partial charge on any atom is -0.00527 e. The van der Waals surface area contributed by atoms with Crippen molar-refractivity contribution in [2.45, 2.75) is 20.3 Å². The van der Waals surface area contributed by atoms with Gasteiger partial charge in [0.15, 0.2) is 0 Å². The van der Waals surface area contributed by atoms with Crippen molar-refractivity contribution < 1.29 is 0 Å². The van der Waals surface area contributed by atoms with E-state index in [0.29, 0.717) is 0 Å². The number of hydrogen-bond donors (Lipinski definition) is 1. The number of aryl methyl sites for hydroxylation is 1. The number of allylic oxidation sites excluding steroid dienone is 1. The molecule has 2 rings (SSSR count). The highest BCUT2D eigenvalue weighted by atomic mass is 14.5. The first-order valence-corrected chi connectivity index (χ1v) is 6.22. The topological polar surface area (TPSA) is 26.0 Å². The highest BCUT2D eigenvalue weighted by Crippen LogP contribution is 2.21. The zero-order chi connectivity index (χ0) is 13.0. The number of nitrogens with two attached hydrogens (primary N) is 1. The quantitative estimate of drug-likeness (QED) is 0.855. The van der Waals surface area contributed by atoms with Crippen molar-refractivity contribution >= 4 is 0 Å². The normalized spacial score (nSPS) is 11.6. The van der Waals surface area contributed by atoms with Crippen LogP contribution < -0.4 is 5.73 Å². The highest BCUT2D eigenvalue weighted by molar-refractivity contribution is 5.63. The summed E-state index contributed by atoms with van der Waals surface area (Å²) in [6.45, 7) is 4.16. The summed E-state index contributed by atoms with van der Waals surface area (Å²) in [5.41, 5.74) is 11.8. The number of hydrogen-bond acceptors (Lipinski definition) is 1. The molecule has 2 aromatic rings. The Labute approximate surface area is 109 Å². The molecular formula is C17H19N. The van der Waals surface area contributed by atoms with Crippen LogP contribution >= 0.6 is 0 Å². The van der Waals surface area contributed by atoms with E-state index in [4.69, 9.17) is 5.73 Å². The van der Waals surface area contributed by atoms with E-state index in [9.17, 15) is 0 Å². The Kier molecular flexibility index (Phi) is 3.83. The van der Waals surface area contributed by atoms with Crippen LogP contribution in [0.15, 0.2) is 60.3 Å². The van der Waals surface area contributed by atoms with Gasteiger partial charge in [0, 0.05) is 0 Å². The lowest BCUT2D eigenvalue weighted by Gasteiger charge is -2.05. The highest BCUT2D eigenvalue weighted by Gasteiger charge is 1.98. The molecule has 2 aromatic carbocycles. The summed E-state index contributed by atoms with van der Waals surface area (Å²) >= 11 is 0. The Bertz CT molecular complexity index is 533. The Morgan fingerprint density at radius 1 is 0.944 bits per heavy atom. The third-order valence-corrected chi connectivity index (χ3v) is 3.11. The van der Waals surface area contributed by atoms with Gasteiger partial charge >= 0.3 is 0 Å². The van der Waals surface area contributed by atoms with Gasteiger partial charge in [0.2, 0.25) is 0 Å². The fraction of sp³-hybridized carbons (Fsp3) is 0.176. The second kappa shape index (κ2) is 5.54. The largest absolute Gasteiger partial charge is 0.405 e. The van der Waals surface area contributed by atoms with E-state index in [2.05, 4.69) is 55.5 Å². The number of benzene rings is 2. The van der Waals surface area contributed by atoms with Gasteiger partial charge in [-0.1, -0.05) is 59.7 Å². The predicted octanol–water partition coefficient (Wildman–Crippen LogP) is 4.07. The average molecular weight is 237 g/mol. The van der Waals surface area contributed by atoms with E-state index in [1.165, 1.54) is 27.8 Å². The minimum Gasteiger partial charge on any atom is -0.405 e. The fourth-order valence-electron chi connectivity index (χ4n) is 1.94. The van der Waals surface area contributed by atoms with Gasteiger partial charge in [0.05, 0.1) is 0 Å². The van der Waals surface area contributed by atoms with Crippen LogP contribution in [0.25, 0.3) is 11.1 Å². The molecule has 1 heteroatoms. The van der Waals surface area contributed by atoms with Crippen LogP contribution in [0, 0.1) is 6.92 Å². The summed E-state index contributed by atoms with van der Waals surface area (Å²) in [6.07, 6.45) is 2.60. The fourth-order valence-corrected chi connectivity index (χ4v) is 1.94. The Morgan fingerprint density at radius 3 is 1.94 bits per heavy atom. The van der Waals surface area contributed by atoms with E-state index >= 15 is 0 Å². The van der Waals surface area contributed by atoms with Crippen LogP contribution in [0.2, 0.25) is 0 Å². The molecule has 0 unspecified atom stereocenters. The van der Waals surface area contributed by atoms with Crippen molar-refractivity contribution in [2.75, 3.05) is 0 Å². The van der Waals surface area contributed by atoms with Gasteiger partial charge in [0.1, 0.15) is 0 Å². The van der Waals surface area contributed by atoms with Crippen LogP contribution in [0.3, 0.4) is 0 Å². The van der Waals surface area contributed by atoms with E-state index < -0.39 is 0 Å². The summed E-state index contributed by atoms with van der Waals surface area (Å²) < 4.78 is 0. The summed E-state index contributed by atoms with van der Waals surface area (Å²) in [5, 5.41) is 0. The van der Waals surface area contributed by atoms with Crippen molar-refractivity contribution in [3.05, 3.63) is 71.4 Å². The van der Waals surface area contributed by atoms with Gasteiger partial charge in [-0.05, 0) is 43.2 Å². The molecule has 0 aliphatic carbocycles. The lowest BCUT2D eigenvalue weighted by molar-refractivity contribution is 1.13. The standard InChI is InChI=1S/C17H19N/c1-13-3-7-16(8-4-13)17-9-5-15(6-10-17)11-14(2)12-18/h3-10,12H,11,18H2,1-2H3/b14-12+. The first-order chi connectivity index (χ1) is 8.69. The Balaban J connectivity index is 2.19. The van der Waals surface area contributed by atoms with Crippen molar-refractivity contribution in [1.29, 1.82) is 0 Å². The smallest absolute Gasteiger partial charge is 0.00527 e. The molecule has 0 radical (unpaired) electrons. The molecule has 0 aromatic heterocycles. The zero-order valence-electron chi connectivity index (χ0n) is 11.0. The van der Waals surface area contributed by atoms with Crippen LogP contribution in [0.4, 0.5) is 0 Å². The molecule has 0 saturated heterocycles. The van der Waals surface area contributed by atoms with Crippen LogP contribution in [-0.4, -0.2) is 0 Å². The monoisotopic (exact) mass is 237 g/mol. The second-order valence-corrected chi connectivity index (χ2v) is 4.75. The van der Waals surface area contributed by atoms with Gasteiger partial charge in [-0.3, -0.25) is 0 Å². The first-order valence-electron chi connectivity index (χ1n) is 6.22. The summed E-state index contributed by atoms with van der Waals surface area (Å²) in [7, 11) is 0. The van der Waals surface area contributed by atoms with Gasteiger partial charge in [0.25, 0.3) is 0 Å². The van der Waals surface area contributed by atoms with Gasteiger partial charge in [-0.2, -0.15) is 0 Å². The van der Waals surface area contributed by atoms with Crippen molar-refractivity contribution in [2.24, 2.45) is 5.73 Å². The molecule has 0 bridgehead atoms. The molecule has 1 nitrogen and oxygen atoms in total. The predicted molar refractivity (Wildman–Crippen MR) is 78.3 cm³/mol. The molecule has 18 heavy (non-hydrogen) atoms. The molecule has 0 aliphatic heterocycles. The zero-order valence-corrected chi connectivity index (χ0v) is 11.0. The SMILES string of the molecule is C/C(=C\N)Cc1ccc(-c2ccc(C)cc2)cc1. The van der Waals surface area contributed by atoms with Gasteiger partial charge in [-0.15, -0.1) is 0 Å². The molecule has 0 spiro atoms. The molecule has 92 valence electrons. The van der Waals surface area contributed by atoms with Crippen LogP contribution in [0.5, 0.6) is 0 Å². The van der Waals surface area contributed by atoms with Gasteiger partial charge < -0.3 is 5.73 Å². The molecule has 2 N–H and O–H groups in total. The van der Waals surface area contributed by atoms with Crippen LogP contribution in [0.1, 0.15) is 18.1 Å². The van der Waals surface area contributed by atoms with Crippen LogP contribution in [-0.2, 0) is 6.42 Å². The Morgan fingerprint density at radius 2 is 1.44 bits per heavy atom. The van der Waals surface area contributed by atoms with E-state index in [-0.39, 0.29) is 0 Å². The van der Waals surface area contributed by atoms with Gasteiger partial charge in [-0.25, -0.2) is 0 Å². The average Bonchev–Trinajstić information content (AvgIpc) is 2.40.